The molecule has 2 unspecified atom stereocenters. The van der Waals surface area contributed by atoms with Gasteiger partial charge < -0.3 is 20.5 Å². The lowest BCUT2D eigenvalue weighted by Gasteiger charge is -2.20. The number of hydrogen-bond acceptors (Lipinski definition) is 4. The first-order valence-electron chi connectivity index (χ1n) is 7.06. The second kappa shape index (κ2) is 6.61. The predicted molar refractivity (Wildman–Crippen MR) is 77.9 cm³/mol. The van der Waals surface area contributed by atoms with Gasteiger partial charge in [0.15, 0.2) is 0 Å². The number of anilines is 1. The molecule has 1 aliphatic rings. The summed E-state index contributed by atoms with van der Waals surface area (Å²) in [5.41, 5.74) is 6.88. The topological polar surface area (TPSA) is 73.6 Å². The highest BCUT2D eigenvalue weighted by molar-refractivity contribution is 5.95. The van der Waals surface area contributed by atoms with Crippen molar-refractivity contribution in [1.29, 1.82) is 0 Å². The fourth-order valence-corrected chi connectivity index (χ4v) is 2.36. The second-order valence-electron chi connectivity index (χ2n) is 5.00. The number of benzene rings is 1. The van der Waals surface area contributed by atoms with Crippen LogP contribution in [0.3, 0.4) is 0 Å². The molecule has 0 spiro atoms. The van der Waals surface area contributed by atoms with E-state index in [9.17, 15) is 4.79 Å². The molecule has 0 aromatic heterocycles. The Kier molecular flexibility index (Phi) is 4.84. The Morgan fingerprint density at radius 1 is 1.60 bits per heavy atom. The molecular formula is C15H22N2O3. The minimum Gasteiger partial charge on any atom is -0.492 e. The number of hydrogen-bond donors (Lipinski definition) is 2. The zero-order chi connectivity index (χ0) is 14.5. The van der Waals surface area contributed by atoms with E-state index < -0.39 is 0 Å². The van der Waals surface area contributed by atoms with Crippen LogP contribution in [0.1, 0.15) is 37.0 Å². The van der Waals surface area contributed by atoms with Crippen molar-refractivity contribution in [2.75, 3.05) is 18.9 Å². The van der Waals surface area contributed by atoms with Gasteiger partial charge in [0.05, 0.1) is 24.4 Å². The SMILES string of the molecule is CCOc1ccc(C(=O)NC(C)C2CCCO2)cc1N. The lowest BCUT2D eigenvalue weighted by Crippen LogP contribution is -2.40. The monoisotopic (exact) mass is 278 g/mol. The van der Waals surface area contributed by atoms with E-state index in [1.807, 2.05) is 13.8 Å². The second-order valence-corrected chi connectivity index (χ2v) is 5.00. The molecule has 2 atom stereocenters. The molecule has 1 fully saturated rings. The highest BCUT2D eigenvalue weighted by Crippen LogP contribution is 2.23. The normalized spacial score (nSPS) is 19.6. The number of nitrogens with two attached hydrogens (primary N) is 1. The number of nitrogens with one attached hydrogen (secondary N) is 1. The Bertz CT molecular complexity index is 470. The Morgan fingerprint density at radius 2 is 2.40 bits per heavy atom. The molecule has 3 N–H and O–H groups in total. The summed E-state index contributed by atoms with van der Waals surface area (Å²) in [6, 6.07) is 5.09. The molecule has 0 aliphatic carbocycles. The maximum atomic E-state index is 12.2. The number of rotatable bonds is 5. The van der Waals surface area contributed by atoms with Gasteiger partial charge in [0, 0.05) is 12.2 Å². The summed E-state index contributed by atoms with van der Waals surface area (Å²) in [7, 11) is 0. The van der Waals surface area contributed by atoms with Gasteiger partial charge in [-0.3, -0.25) is 4.79 Å². The Morgan fingerprint density at radius 3 is 3.00 bits per heavy atom. The van der Waals surface area contributed by atoms with Crippen molar-refractivity contribution in [3.05, 3.63) is 23.8 Å². The summed E-state index contributed by atoms with van der Waals surface area (Å²) in [6.07, 6.45) is 2.16. The Labute approximate surface area is 119 Å². The van der Waals surface area contributed by atoms with Crippen LogP contribution in [0.4, 0.5) is 5.69 Å². The van der Waals surface area contributed by atoms with Gasteiger partial charge >= 0.3 is 0 Å². The van der Waals surface area contributed by atoms with E-state index in [-0.39, 0.29) is 18.1 Å². The maximum absolute atomic E-state index is 12.2. The van der Waals surface area contributed by atoms with Gasteiger partial charge in [-0.25, -0.2) is 0 Å². The molecule has 1 aromatic rings. The van der Waals surface area contributed by atoms with Crippen molar-refractivity contribution < 1.29 is 14.3 Å². The third-order valence-corrected chi connectivity index (χ3v) is 3.45. The van der Waals surface area contributed by atoms with Gasteiger partial charge in [0.1, 0.15) is 5.75 Å². The largest absolute Gasteiger partial charge is 0.492 e. The number of carbonyl (C=O) groups is 1. The minimum absolute atomic E-state index is 0.00204. The molecule has 110 valence electrons. The molecule has 5 nitrogen and oxygen atoms in total. The van der Waals surface area contributed by atoms with Gasteiger partial charge in [-0.2, -0.15) is 0 Å². The molecule has 0 saturated carbocycles. The third kappa shape index (κ3) is 3.42. The standard InChI is InChI=1S/C15H22N2O3/c1-3-19-14-7-6-11(9-12(14)16)15(18)17-10(2)13-5-4-8-20-13/h6-7,9-10,13H,3-5,8,16H2,1-2H3,(H,17,18). The molecule has 0 bridgehead atoms. The summed E-state index contributed by atoms with van der Waals surface area (Å²) in [5, 5.41) is 2.96. The molecule has 1 aliphatic heterocycles. The van der Waals surface area contributed by atoms with Crippen molar-refractivity contribution in [2.45, 2.75) is 38.8 Å². The lowest BCUT2D eigenvalue weighted by molar-refractivity contribution is 0.0712. The number of amides is 1. The van der Waals surface area contributed by atoms with E-state index in [1.54, 1.807) is 18.2 Å². The van der Waals surface area contributed by atoms with Gasteiger partial charge in [-0.05, 0) is 44.9 Å². The highest BCUT2D eigenvalue weighted by Gasteiger charge is 2.24. The van der Waals surface area contributed by atoms with Crippen LogP contribution in [0.15, 0.2) is 18.2 Å². The molecule has 5 heteroatoms. The van der Waals surface area contributed by atoms with Gasteiger partial charge in [0.2, 0.25) is 0 Å². The van der Waals surface area contributed by atoms with Gasteiger partial charge in [0.25, 0.3) is 5.91 Å². The first kappa shape index (κ1) is 14.7. The van der Waals surface area contributed by atoms with Crippen molar-refractivity contribution >= 4 is 11.6 Å². The first-order valence-corrected chi connectivity index (χ1v) is 7.06. The summed E-state index contributed by atoms with van der Waals surface area (Å²) in [6.45, 7) is 5.18. The van der Waals surface area contributed by atoms with Crippen LogP contribution >= 0.6 is 0 Å². The van der Waals surface area contributed by atoms with E-state index >= 15 is 0 Å². The average Bonchev–Trinajstić information content (AvgIpc) is 2.95. The van der Waals surface area contributed by atoms with Crippen LogP contribution in [0, 0.1) is 0 Å². The van der Waals surface area contributed by atoms with Crippen LogP contribution < -0.4 is 15.8 Å². The summed E-state index contributed by atoms with van der Waals surface area (Å²) in [5.74, 6) is 0.471. The van der Waals surface area contributed by atoms with E-state index in [4.69, 9.17) is 15.2 Å². The van der Waals surface area contributed by atoms with E-state index in [2.05, 4.69) is 5.32 Å². The predicted octanol–water partition coefficient (Wildman–Crippen LogP) is 1.96. The smallest absolute Gasteiger partial charge is 0.251 e. The number of ether oxygens (including phenoxy) is 2. The molecular weight excluding hydrogens is 256 g/mol. The van der Waals surface area contributed by atoms with Gasteiger partial charge in [-0.15, -0.1) is 0 Å². The third-order valence-electron chi connectivity index (χ3n) is 3.45. The van der Waals surface area contributed by atoms with E-state index in [0.29, 0.717) is 23.6 Å². The van der Waals surface area contributed by atoms with Crippen molar-refractivity contribution in [3.8, 4) is 5.75 Å². The van der Waals surface area contributed by atoms with E-state index in [0.717, 1.165) is 19.4 Å². The van der Waals surface area contributed by atoms with Crippen molar-refractivity contribution in [3.63, 3.8) is 0 Å². The van der Waals surface area contributed by atoms with Crippen molar-refractivity contribution in [2.24, 2.45) is 0 Å². The maximum Gasteiger partial charge on any atom is 0.251 e. The zero-order valence-electron chi connectivity index (χ0n) is 12.0. The number of carbonyl (C=O) groups excluding carboxylic acids is 1. The molecule has 1 saturated heterocycles. The fourth-order valence-electron chi connectivity index (χ4n) is 2.36. The molecule has 20 heavy (non-hydrogen) atoms. The van der Waals surface area contributed by atoms with E-state index in [1.165, 1.54) is 0 Å². The van der Waals surface area contributed by atoms with Crippen LogP contribution in [-0.2, 0) is 4.74 Å². The lowest BCUT2D eigenvalue weighted by atomic mass is 10.1. The zero-order valence-corrected chi connectivity index (χ0v) is 12.0. The van der Waals surface area contributed by atoms with Crippen LogP contribution in [0.2, 0.25) is 0 Å². The average molecular weight is 278 g/mol. The van der Waals surface area contributed by atoms with Crippen molar-refractivity contribution in [1.82, 2.24) is 5.32 Å². The van der Waals surface area contributed by atoms with Gasteiger partial charge in [-0.1, -0.05) is 0 Å². The summed E-state index contributed by atoms with van der Waals surface area (Å²) >= 11 is 0. The van der Waals surface area contributed by atoms with Crippen LogP contribution in [0.25, 0.3) is 0 Å². The minimum atomic E-state index is -0.136. The Hall–Kier alpha value is -1.75. The van der Waals surface area contributed by atoms with Crippen LogP contribution in [-0.4, -0.2) is 31.3 Å². The fraction of sp³-hybridized carbons (Fsp3) is 0.533. The Balaban J connectivity index is 1.99. The molecule has 1 aromatic carbocycles. The first-order chi connectivity index (χ1) is 9.61. The molecule has 1 amide bonds. The number of nitrogen functional groups attached to an aromatic ring is 1. The molecule has 1 heterocycles. The molecule has 2 rings (SSSR count). The summed E-state index contributed by atoms with van der Waals surface area (Å²) in [4.78, 5) is 12.2. The highest BCUT2D eigenvalue weighted by atomic mass is 16.5. The quantitative estimate of drug-likeness (QED) is 0.808. The molecule has 0 radical (unpaired) electrons. The van der Waals surface area contributed by atoms with Crippen LogP contribution in [0.5, 0.6) is 5.75 Å². The summed E-state index contributed by atoms with van der Waals surface area (Å²) < 4.78 is 10.9.